The Kier molecular flexibility index (Phi) is 5.48. The highest BCUT2D eigenvalue weighted by Crippen LogP contribution is 2.26. The van der Waals surface area contributed by atoms with Crippen LogP contribution in [0, 0.1) is 6.92 Å². The van der Waals surface area contributed by atoms with Crippen molar-refractivity contribution in [2.24, 2.45) is 0 Å². The minimum absolute atomic E-state index is 0.347. The zero-order valence-corrected chi connectivity index (χ0v) is 16.5. The SMILES string of the molecule is Cc1oc(-c2ccccc2)nc1CCOc1ccc(/C=C2/SC(=O)NC2=O)cc1. The van der Waals surface area contributed by atoms with Crippen molar-refractivity contribution in [3.63, 3.8) is 0 Å². The second-order valence-corrected chi connectivity index (χ2v) is 7.42. The van der Waals surface area contributed by atoms with Crippen LogP contribution < -0.4 is 10.1 Å². The lowest BCUT2D eigenvalue weighted by atomic mass is 10.2. The monoisotopic (exact) mass is 406 g/mol. The molecule has 0 unspecified atom stereocenters. The van der Waals surface area contributed by atoms with Gasteiger partial charge in [-0.05, 0) is 54.6 Å². The molecule has 3 aromatic rings. The maximum atomic E-state index is 11.6. The smallest absolute Gasteiger partial charge is 0.290 e. The van der Waals surface area contributed by atoms with E-state index in [4.69, 9.17) is 9.15 Å². The Morgan fingerprint density at radius 2 is 1.86 bits per heavy atom. The number of hydrogen-bond acceptors (Lipinski definition) is 6. The summed E-state index contributed by atoms with van der Waals surface area (Å²) in [5, 5.41) is 1.89. The van der Waals surface area contributed by atoms with Gasteiger partial charge in [-0.1, -0.05) is 30.3 Å². The molecule has 2 aromatic carbocycles. The Hall–Kier alpha value is -3.32. The fourth-order valence-corrected chi connectivity index (χ4v) is 3.54. The van der Waals surface area contributed by atoms with Crippen LogP contribution >= 0.6 is 11.8 Å². The molecule has 0 aliphatic carbocycles. The van der Waals surface area contributed by atoms with E-state index in [-0.39, 0.29) is 11.1 Å². The van der Waals surface area contributed by atoms with Crippen LogP contribution in [0.2, 0.25) is 0 Å². The first kappa shape index (κ1) is 19.0. The second-order valence-electron chi connectivity index (χ2n) is 6.41. The van der Waals surface area contributed by atoms with E-state index in [1.54, 1.807) is 6.08 Å². The predicted octanol–water partition coefficient (Wildman–Crippen LogP) is 4.60. The van der Waals surface area contributed by atoms with Crippen LogP contribution in [0.15, 0.2) is 63.9 Å². The Labute approximate surface area is 172 Å². The van der Waals surface area contributed by atoms with Gasteiger partial charge in [-0.2, -0.15) is 0 Å². The first-order valence-corrected chi connectivity index (χ1v) is 9.89. The number of ether oxygens (including phenoxy) is 1. The van der Waals surface area contributed by atoms with E-state index >= 15 is 0 Å². The van der Waals surface area contributed by atoms with Crippen LogP contribution in [0.5, 0.6) is 5.75 Å². The number of thioether (sulfide) groups is 1. The number of oxazole rings is 1. The fraction of sp³-hybridized carbons (Fsp3) is 0.136. The number of benzene rings is 2. The van der Waals surface area contributed by atoms with Crippen molar-refractivity contribution in [1.82, 2.24) is 10.3 Å². The summed E-state index contributed by atoms with van der Waals surface area (Å²) in [5.41, 5.74) is 2.65. The first-order valence-electron chi connectivity index (χ1n) is 9.08. The van der Waals surface area contributed by atoms with Crippen molar-refractivity contribution in [1.29, 1.82) is 0 Å². The van der Waals surface area contributed by atoms with Crippen molar-refractivity contribution in [2.45, 2.75) is 13.3 Å². The Balaban J connectivity index is 1.34. The quantitative estimate of drug-likeness (QED) is 0.603. The second kappa shape index (κ2) is 8.36. The highest BCUT2D eigenvalue weighted by Gasteiger charge is 2.24. The van der Waals surface area contributed by atoms with Gasteiger partial charge in [0.05, 0.1) is 17.2 Å². The highest BCUT2D eigenvalue weighted by atomic mass is 32.2. The molecule has 2 heterocycles. The molecule has 1 saturated heterocycles. The average Bonchev–Trinajstić information content (AvgIpc) is 3.25. The van der Waals surface area contributed by atoms with Gasteiger partial charge >= 0.3 is 0 Å². The third-order valence-electron chi connectivity index (χ3n) is 4.34. The minimum atomic E-state index is -0.363. The summed E-state index contributed by atoms with van der Waals surface area (Å²) in [6.45, 7) is 2.37. The largest absolute Gasteiger partial charge is 0.493 e. The topological polar surface area (TPSA) is 81.4 Å². The number of carbonyl (C=O) groups is 2. The summed E-state index contributed by atoms with van der Waals surface area (Å²) in [4.78, 5) is 27.8. The molecule has 0 atom stereocenters. The van der Waals surface area contributed by atoms with Crippen LogP contribution in [-0.4, -0.2) is 22.7 Å². The summed E-state index contributed by atoms with van der Waals surface area (Å²) in [6.07, 6.45) is 2.31. The lowest BCUT2D eigenvalue weighted by Crippen LogP contribution is -2.17. The number of amides is 2. The molecule has 29 heavy (non-hydrogen) atoms. The number of rotatable bonds is 6. The van der Waals surface area contributed by atoms with Crippen molar-refractivity contribution in [3.8, 4) is 17.2 Å². The predicted molar refractivity (Wildman–Crippen MR) is 111 cm³/mol. The summed E-state index contributed by atoms with van der Waals surface area (Å²) < 4.78 is 11.6. The number of nitrogens with zero attached hydrogens (tertiary/aromatic N) is 1. The molecule has 1 aliphatic rings. The maximum Gasteiger partial charge on any atom is 0.290 e. The third-order valence-corrected chi connectivity index (χ3v) is 5.15. The lowest BCUT2D eigenvalue weighted by Gasteiger charge is -2.05. The van der Waals surface area contributed by atoms with Crippen LogP contribution in [0.1, 0.15) is 17.0 Å². The van der Waals surface area contributed by atoms with Gasteiger partial charge < -0.3 is 9.15 Å². The van der Waals surface area contributed by atoms with Crippen LogP contribution in [0.4, 0.5) is 4.79 Å². The summed E-state index contributed by atoms with van der Waals surface area (Å²) in [7, 11) is 0. The number of aromatic nitrogens is 1. The molecule has 4 rings (SSSR count). The minimum Gasteiger partial charge on any atom is -0.493 e. The summed E-state index contributed by atoms with van der Waals surface area (Å²) in [6, 6.07) is 17.1. The van der Waals surface area contributed by atoms with Crippen molar-refractivity contribution in [2.75, 3.05) is 6.61 Å². The zero-order valence-electron chi connectivity index (χ0n) is 15.7. The normalized spacial score (nSPS) is 15.0. The van der Waals surface area contributed by atoms with E-state index in [0.717, 1.165) is 40.1 Å². The molecule has 2 amide bonds. The maximum absolute atomic E-state index is 11.6. The Morgan fingerprint density at radius 1 is 1.10 bits per heavy atom. The molecule has 1 N–H and O–H groups in total. The standard InChI is InChI=1S/C22H18N2O4S/c1-14-18(23-21(28-14)16-5-3-2-4-6-16)11-12-27-17-9-7-15(8-10-17)13-19-20(25)24-22(26)29-19/h2-10,13H,11-12H2,1H3,(H,24,25,26)/b19-13+. The number of imide groups is 1. The molecular weight excluding hydrogens is 388 g/mol. The van der Waals surface area contributed by atoms with Gasteiger partial charge in [-0.15, -0.1) is 0 Å². The van der Waals surface area contributed by atoms with Gasteiger partial charge in [0.25, 0.3) is 11.1 Å². The molecular formula is C22H18N2O4S. The van der Waals surface area contributed by atoms with Crippen LogP contribution in [0.3, 0.4) is 0 Å². The van der Waals surface area contributed by atoms with E-state index < -0.39 is 0 Å². The molecule has 1 aliphatic heterocycles. The highest BCUT2D eigenvalue weighted by molar-refractivity contribution is 8.18. The number of nitrogens with one attached hydrogen (secondary N) is 1. The molecule has 1 fully saturated rings. The molecule has 0 saturated carbocycles. The lowest BCUT2D eigenvalue weighted by molar-refractivity contribution is -0.115. The van der Waals surface area contributed by atoms with Gasteiger partial charge in [0, 0.05) is 12.0 Å². The van der Waals surface area contributed by atoms with Gasteiger partial charge in [-0.25, -0.2) is 4.98 Å². The third kappa shape index (κ3) is 4.57. The van der Waals surface area contributed by atoms with Crippen LogP contribution in [-0.2, 0) is 11.2 Å². The van der Waals surface area contributed by atoms with Gasteiger partial charge in [0.15, 0.2) is 0 Å². The van der Waals surface area contributed by atoms with E-state index in [2.05, 4.69) is 10.3 Å². The molecule has 1 aromatic heterocycles. The summed E-state index contributed by atoms with van der Waals surface area (Å²) >= 11 is 0.900. The molecule has 6 nitrogen and oxygen atoms in total. The zero-order chi connectivity index (χ0) is 20.2. The van der Waals surface area contributed by atoms with Gasteiger partial charge in [0.1, 0.15) is 11.5 Å². The number of carbonyl (C=O) groups excluding carboxylic acids is 2. The van der Waals surface area contributed by atoms with Crippen molar-refractivity contribution < 1.29 is 18.7 Å². The van der Waals surface area contributed by atoms with E-state index in [1.807, 2.05) is 61.5 Å². The summed E-state index contributed by atoms with van der Waals surface area (Å²) in [5.74, 6) is 1.76. The number of aryl methyl sites for hydroxylation is 1. The van der Waals surface area contributed by atoms with E-state index in [9.17, 15) is 9.59 Å². The number of hydrogen-bond donors (Lipinski definition) is 1. The van der Waals surface area contributed by atoms with Gasteiger partial charge in [-0.3, -0.25) is 14.9 Å². The van der Waals surface area contributed by atoms with E-state index in [0.29, 0.717) is 23.8 Å². The fourth-order valence-electron chi connectivity index (χ4n) is 2.86. The first-order chi connectivity index (χ1) is 14.1. The van der Waals surface area contributed by atoms with Crippen molar-refractivity contribution in [3.05, 3.63) is 76.5 Å². The van der Waals surface area contributed by atoms with E-state index in [1.165, 1.54) is 0 Å². The molecule has 0 bridgehead atoms. The molecule has 146 valence electrons. The molecule has 0 spiro atoms. The average molecular weight is 406 g/mol. The van der Waals surface area contributed by atoms with Crippen LogP contribution in [0.25, 0.3) is 17.5 Å². The molecule has 7 heteroatoms. The van der Waals surface area contributed by atoms with Crippen molar-refractivity contribution >= 4 is 29.0 Å². The molecule has 0 radical (unpaired) electrons. The van der Waals surface area contributed by atoms with Gasteiger partial charge in [0.2, 0.25) is 5.89 Å². The Morgan fingerprint density at radius 3 is 2.55 bits per heavy atom. The Bertz CT molecular complexity index is 1070.